The number of piperidine rings is 1. The van der Waals surface area contributed by atoms with Crippen LogP contribution in [0.4, 0.5) is 4.79 Å². The number of ether oxygens (including phenoxy) is 1. The molecule has 0 radical (unpaired) electrons. The fourth-order valence-electron chi connectivity index (χ4n) is 3.69. The van der Waals surface area contributed by atoms with Crippen LogP contribution in [-0.4, -0.2) is 47.1 Å². The number of H-pyrrole nitrogens is 1. The van der Waals surface area contributed by atoms with Crippen molar-refractivity contribution in [2.45, 2.75) is 128 Å². The number of carbonyl (C=O) groups excluding carboxylic acids is 2. The molecule has 4 rings (SSSR count). The first-order chi connectivity index (χ1) is 21.2. The number of hydrogen-bond donors (Lipinski definition) is 2. The smallest absolute Gasteiger partial charge is 0.407 e. The minimum absolute atomic E-state index is 0.00497. The Morgan fingerprint density at radius 3 is 1.95 bits per heavy atom. The minimum atomic E-state index is -0.414. The summed E-state index contributed by atoms with van der Waals surface area (Å²) in [5.74, 6) is -0.0674. The second kappa shape index (κ2) is 28.6. The fraction of sp³-hybridized carbons (Fsp3) is 0.583. The molecule has 3 aromatic rings. The van der Waals surface area contributed by atoms with Crippen LogP contribution in [0, 0.1) is 0 Å². The van der Waals surface area contributed by atoms with Crippen molar-refractivity contribution < 1.29 is 14.3 Å². The number of aromatic nitrogens is 1. The van der Waals surface area contributed by atoms with Gasteiger partial charge in [-0.2, -0.15) is 0 Å². The molecule has 1 fully saturated rings. The van der Waals surface area contributed by atoms with E-state index in [2.05, 4.69) is 24.1 Å². The molecule has 0 atom stereocenters. The number of hydrogen-bond acceptors (Lipinski definition) is 5. The highest BCUT2D eigenvalue weighted by Crippen LogP contribution is 2.27. The number of carbonyl (C=O) groups is 2. The lowest BCUT2D eigenvalue weighted by atomic mass is 10.0. The number of benzene rings is 1. The van der Waals surface area contributed by atoms with E-state index in [1.807, 2.05) is 105 Å². The van der Waals surface area contributed by atoms with Crippen molar-refractivity contribution in [1.29, 1.82) is 0 Å². The zero-order chi connectivity index (χ0) is 34.7. The number of aromatic amines is 1. The first-order valence-electron chi connectivity index (χ1n) is 16.6. The van der Waals surface area contributed by atoms with Crippen molar-refractivity contribution in [3.63, 3.8) is 0 Å². The van der Waals surface area contributed by atoms with Gasteiger partial charge in [-0.1, -0.05) is 93.9 Å². The molecule has 2 aromatic heterocycles. The van der Waals surface area contributed by atoms with Crippen molar-refractivity contribution in [1.82, 2.24) is 15.2 Å². The van der Waals surface area contributed by atoms with Crippen LogP contribution in [0.3, 0.4) is 0 Å². The van der Waals surface area contributed by atoms with E-state index in [1.54, 1.807) is 24.8 Å². The van der Waals surface area contributed by atoms with Crippen LogP contribution in [0.15, 0.2) is 46.6 Å². The van der Waals surface area contributed by atoms with Gasteiger partial charge in [0.1, 0.15) is 0 Å². The molecule has 2 N–H and O–H groups in total. The molecule has 1 aliphatic rings. The first-order valence-corrected chi connectivity index (χ1v) is 17.5. The van der Waals surface area contributed by atoms with E-state index in [0.717, 1.165) is 10.1 Å². The molecule has 0 bridgehead atoms. The zero-order valence-electron chi connectivity index (χ0n) is 30.2. The number of allylic oxidation sites excluding steroid dienone is 2. The van der Waals surface area contributed by atoms with E-state index >= 15 is 0 Å². The number of rotatable bonds is 3. The van der Waals surface area contributed by atoms with Gasteiger partial charge in [0.15, 0.2) is 0 Å². The number of alkyl carbamates (subject to hydrolysis) is 1. The Morgan fingerprint density at radius 1 is 0.955 bits per heavy atom. The summed E-state index contributed by atoms with van der Waals surface area (Å²) in [5, 5.41) is 6.37. The molecule has 1 aromatic carbocycles. The molecular weight excluding hydrogens is 570 g/mol. The molecule has 0 unspecified atom stereocenters. The summed E-state index contributed by atoms with van der Waals surface area (Å²) in [4.78, 5) is 41.6. The Hall–Kier alpha value is -3.13. The van der Waals surface area contributed by atoms with Gasteiger partial charge in [0.2, 0.25) is 0 Å². The molecular formula is C36H63N3O4S. The van der Waals surface area contributed by atoms with Gasteiger partial charge in [-0.3, -0.25) is 9.59 Å². The van der Waals surface area contributed by atoms with Gasteiger partial charge in [-0.25, -0.2) is 4.79 Å². The highest BCUT2D eigenvalue weighted by atomic mass is 32.1. The molecule has 1 saturated heterocycles. The Balaban J connectivity index is -0.000000964. The van der Waals surface area contributed by atoms with Crippen molar-refractivity contribution in [3.8, 4) is 0 Å². The van der Waals surface area contributed by atoms with Crippen LogP contribution in [0.2, 0.25) is 0 Å². The summed E-state index contributed by atoms with van der Waals surface area (Å²) in [7, 11) is 0. The summed E-state index contributed by atoms with van der Waals surface area (Å²) < 4.78 is 6.05. The number of likely N-dealkylation sites (tertiary alicyclic amines) is 1. The molecule has 0 spiro atoms. The lowest BCUT2D eigenvalue weighted by Gasteiger charge is -2.32. The van der Waals surface area contributed by atoms with E-state index in [1.165, 1.54) is 17.8 Å². The highest BCUT2D eigenvalue weighted by molar-refractivity contribution is 7.18. The molecule has 44 heavy (non-hydrogen) atoms. The van der Waals surface area contributed by atoms with E-state index in [0.29, 0.717) is 42.4 Å². The Bertz CT molecular complexity index is 1220. The van der Waals surface area contributed by atoms with E-state index in [9.17, 15) is 14.4 Å². The van der Waals surface area contributed by atoms with Gasteiger partial charge in [-0.05, 0) is 64.1 Å². The SMILES string of the molecule is C/C=C\C.CC.CC.CC.CC.CC(C)OC(=O)NC1CCN(C(=O)c2ccc3c(c2)[nH]c(=O)c2ccsc23)CC1.CCC. The third-order valence-corrected chi connectivity index (χ3v) is 6.40. The van der Waals surface area contributed by atoms with Crippen molar-refractivity contribution in [3.05, 3.63) is 57.7 Å². The Kier molecular flexibility index (Phi) is 29.5. The molecule has 7 nitrogen and oxygen atoms in total. The minimum Gasteiger partial charge on any atom is -0.447 e. The second-order valence-electron chi connectivity index (χ2n) is 8.92. The predicted molar refractivity (Wildman–Crippen MR) is 195 cm³/mol. The van der Waals surface area contributed by atoms with Crippen molar-refractivity contribution >= 4 is 44.3 Å². The molecule has 0 saturated carbocycles. The quantitative estimate of drug-likeness (QED) is 0.281. The van der Waals surface area contributed by atoms with Gasteiger partial charge in [-0.15, -0.1) is 11.3 Å². The summed E-state index contributed by atoms with van der Waals surface area (Å²) in [6.45, 7) is 29.0. The van der Waals surface area contributed by atoms with Crippen LogP contribution in [0.5, 0.6) is 0 Å². The summed E-state index contributed by atoms with van der Waals surface area (Å²) in [6.07, 6.45) is 6.03. The van der Waals surface area contributed by atoms with Crippen molar-refractivity contribution in [2.24, 2.45) is 0 Å². The maximum absolute atomic E-state index is 12.9. The van der Waals surface area contributed by atoms with Crippen LogP contribution in [-0.2, 0) is 4.74 Å². The molecule has 8 heteroatoms. The van der Waals surface area contributed by atoms with Gasteiger partial charge in [0.25, 0.3) is 11.5 Å². The van der Waals surface area contributed by atoms with Crippen molar-refractivity contribution in [2.75, 3.05) is 13.1 Å². The van der Waals surface area contributed by atoms with Crippen LogP contribution < -0.4 is 10.9 Å². The molecule has 252 valence electrons. The molecule has 0 aliphatic carbocycles. The maximum atomic E-state index is 12.9. The Labute approximate surface area is 272 Å². The van der Waals surface area contributed by atoms with E-state index in [-0.39, 0.29) is 23.6 Å². The number of thiophene rings is 1. The third-order valence-electron chi connectivity index (χ3n) is 5.45. The number of nitrogens with one attached hydrogen (secondary N) is 2. The average Bonchev–Trinajstić information content (AvgIpc) is 3.56. The Morgan fingerprint density at radius 2 is 1.48 bits per heavy atom. The summed E-state index contributed by atoms with van der Waals surface area (Å²) in [5.41, 5.74) is 1.08. The number of amides is 2. The van der Waals surface area contributed by atoms with Gasteiger partial charge >= 0.3 is 6.09 Å². The maximum Gasteiger partial charge on any atom is 0.407 e. The second-order valence-corrected chi connectivity index (χ2v) is 9.83. The van der Waals surface area contributed by atoms with Crippen LogP contribution in [0.25, 0.3) is 21.0 Å². The zero-order valence-corrected chi connectivity index (χ0v) is 31.0. The van der Waals surface area contributed by atoms with Crippen LogP contribution in [0.1, 0.15) is 127 Å². The average molecular weight is 634 g/mol. The van der Waals surface area contributed by atoms with Crippen LogP contribution >= 0.6 is 11.3 Å². The summed E-state index contributed by atoms with van der Waals surface area (Å²) in [6, 6.07) is 7.28. The molecule has 1 aliphatic heterocycles. The lowest BCUT2D eigenvalue weighted by molar-refractivity contribution is 0.0696. The monoisotopic (exact) mass is 633 g/mol. The van der Waals surface area contributed by atoms with E-state index < -0.39 is 6.09 Å². The fourth-order valence-corrected chi connectivity index (χ4v) is 4.62. The third kappa shape index (κ3) is 16.1. The van der Waals surface area contributed by atoms with Gasteiger partial charge in [0, 0.05) is 34.8 Å². The topological polar surface area (TPSA) is 91.5 Å². The number of nitrogens with zero attached hydrogens (tertiary/aromatic N) is 1. The van der Waals surface area contributed by atoms with Gasteiger partial charge in [0.05, 0.1) is 17.0 Å². The van der Waals surface area contributed by atoms with E-state index in [4.69, 9.17) is 4.74 Å². The van der Waals surface area contributed by atoms with Gasteiger partial charge < -0.3 is 19.9 Å². The first kappa shape index (κ1) is 45.3. The summed E-state index contributed by atoms with van der Waals surface area (Å²) >= 11 is 1.52. The predicted octanol–water partition coefficient (Wildman–Crippen LogP) is 10.6. The lowest BCUT2D eigenvalue weighted by Crippen LogP contribution is -2.47. The normalized spacial score (nSPS) is 11.8. The highest BCUT2D eigenvalue weighted by Gasteiger charge is 2.25. The standard InChI is InChI=1S/C21H23N3O4S.C4H8.C3H8.4C2H6/c1-12(2)28-21(27)22-14-5-8-24(9-6-14)20(26)13-3-4-15-17(11-13)23-19(25)16-7-10-29-18(15)16;1-3-4-2;1-3-2;4*1-2/h3-4,7,10-12,14H,5-6,8-9H2,1-2H3,(H,22,27)(H,23,25);3-4H,1-2H3;3H2,1-2H3;4*1-2H3/b;4-3-;;;;;. The number of pyridine rings is 1. The number of fused-ring (bicyclic) bond motifs is 3. The molecule has 3 heterocycles. The molecule has 2 amide bonds. The largest absolute Gasteiger partial charge is 0.447 e.